The molecule has 226 valence electrons. The molecule has 0 unspecified atom stereocenters. The summed E-state index contributed by atoms with van der Waals surface area (Å²) in [7, 11) is 2.98. The molecule has 0 aliphatic heterocycles. The minimum atomic E-state index is -0.806. The zero-order valence-electron chi connectivity index (χ0n) is 24.8. The average molecular weight is 598 g/mol. The van der Waals surface area contributed by atoms with Crippen LogP contribution in [-0.4, -0.2) is 26.7 Å². The van der Waals surface area contributed by atoms with Gasteiger partial charge < -0.3 is 15.8 Å². The van der Waals surface area contributed by atoms with E-state index in [1.807, 2.05) is 6.07 Å². The molecule has 5 aromatic rings. The van der Waals surface area contributed by atoms with Crippen molar-refractivity contribution in [3.8, 4) is 11.4 Å². The molecule has 2 heterocycles. The molecule has 44 heavy (non-hydrogen) atoms. The van der Waals surface area contributed by atoms with E-state index in [0.717, 1.165) is 14.7 Å². The number of nitrogens with one attached hydrogen (secondary N) is 1. The number of benzene rings is 3. The molecule has 0 radical (unpaired) electrons. The summed E-state index contributed by atoms with van der Waals surface area (Å²) in [6.07, 6.45) is 0.559. The highest BCUT2D eigenvalue weighted by Crippen LogP contribution is 2.28. The first-order valence-corrected chi connectivity index (χ1v) is 13.9. The number of primary amides is 1. The van der Waals surface area contributed by atoms with Gasteiger partial charge in [-0.3, -0.25) is 23.5 Å². The van der Waals surface area contributed by atoms with Crippen molar-refractivity contribution in [2.75, 3.05) is 12.4 Å². The van der Waals surface area contributed by atoms with Gasteiger partial charge in [-0.25, -0.2) is 13.8 Å². The fourth-order valence-corrected chi connectivity index (χ4v) is 5.26. The first kappa shape index (κ1) is 30.0. The van der Waals surface area contributed by atoms with Gasteiger partial charge in [-0.15, -0.1) is 0 Å². The zero-order chi connectivity index (χ0) is 31.7. The number of aryl methyl sites for hydroxylation is 3. The molecule has 1 amide bonds. The van der Waals surface area contributed by atoms with Gasteiger partial charge in [0.15, 0.2) is 0 Å². The van der Waals surface area contributed by atoms with Crippen LogP contribution in [0.15, 0.2) is 81.1 Å². The highest BCUT2D eigenvalue weighted by Gasteiger charge is 2.24. The van der Waals surface area contributed by atoms with E-state index in [4.69, 9.17) is 10.5 Å². The Labute approximate surface area is 251 Å². The van der Waals surface area contributed by atoms with Gasteiger partial charge in [0.05, 0.1) is 25.0 Å². The van der Waals surface area contributed by atoms with Crippen LogP contribution in [0.1, 0.15) is 28.7 Å². The maximum Gasteiger partial charge on any atom is 0.337 e. The van der Waals surface area contributed by atoms with Gasteiger partial charge in [0.25, 0.3) is 11.1 Å². The van der Waals surface area contributed by atoms with Crippen LogP contribution in [0.2, 0.25) is 0 Å². The molecule has 3 aromatic carbocycles. The summed E-state index contributed by atoms with van der Waals surface area (Å²) >= 11 is 0. The SMILES string of the molecule is COc1ccc(Cn2c(=O)c3c(Nc4cccc(CCC(N)=O)c4)c(C)c(=O)n(C)c3n(-c3ccc(C)cc3F)c2=O)cc1. The van der Waals surface area contributed by atoms with E-state index in [9.17, 15) is 19.2 Å². The molecule has 11 heteroatoms. The molecule has 0 fully saturated rings. The third kappa shape index (κ3) is 5.63. The number of rotatable bonds is 9. The lowest BCUT2D eigenvalue weighted by molar-refractivity contribution is -0.117. The second-order valence-electron chi connectivity index (χ2n) is 10.7. The summed E-state index contributed by atoms with van der Waals surface area (Å²) in [5.74, 6) is -0.517. The molecule has 2 aromatic heterocycles. The fraction of sp³-hybridized carbons (Fsp3) is 0.212. The third-order valence-electron chi connectivity index (χ3n) is 7.58. The van der Waals surface area contributed by atoms with Gasteiger partial charge in [-0.05, 0) is 73.4 Å². The number of aromatic nitrogens is 3. The van der Waals surface area contributed by atoms with Crippen molar-refractivity contribution in [3.05, 3.63) is 126 Å². The molecular weight excluding hydrogens is 565 g/mol. The van der Waals surface area contributed by atoms with E-state index in [1.54, 1.807) is 62.4 Å². The summed E-state index contributed by atoms with van der Waals surface area (Å²) in [5, 5.41) is 3.24. The number of nitrogens with zero attached hydrogens (tertiary/aromatic N) is 3. The molecule has 0 aliphatic rings. The van der Waals surface area contributed by atoms with Crippen LogP contribution in [0.25, 0.3) is 16.7 Å². The maximum absolute atomic E-state index is 15.5. The standard InChI is InChI=1S/C33H32FN5O5/c1-19-8-14-26(25(34)16-19)39-30-28(32(42)38(33(39)43)18-22-9-12-24(44-4)13-10-22)29(20(2)31(41)37(30)3)36-23-7-5-6-21(17-23)11-15-27(35)40/h5-10,12-14,16-17,36H,11,15,18H2,1-4H3,(H2,35,40). The van der Waals surface area contributed by atoms with Crippen LogP contribution in [0.5, 0.6) is 5.75 Å². The zero-order valence-corrected chi connectivity index (χ0v) is 24.8. The number of amides is 1. The number of anilines is 2. The summed E-state index contributed by atoms with van der Waals surface area (Å²) < 4.78 is 24.0. The third-order valence-corrected chi connectivity index (χ3v) is 7.58. The van der Waals surface area contributed by atoms with E-state index in [-0.39, 0.29) is 40.9 Å². The fourth-order valence-electron chi connectivity index (χ4n) is 5.26. The number of hydrogen-bond donors (Lipinski definition) is 2. The summed E-state index contributed by atoms with van der Waals surface area (Å²) in [5.41, 5.74) is 6.27. The van der Waals surface area contributed by atoms with E-state index >= 15 is 4.39 Å². The number of ether oxygens (including phenoxy) is 1. The maximum atomic E-state index is 15.5. The highest BCUT2D eigenvalue weighted by molar-refractivity contribution is 5.93. The van der Waals surface area contributed by atoms with Gasteiger partial charge in [0, 0.05) is 24.7 Å². The van der Waals surface area contributed by atoms with Crippen molar-refractivity contribution in [1.29, 1.82) is 0 Å². The van der Waals surface area contributed by atoms with Crippen molar-refractivity contribution in [2.24, 2.45) is 12.8 Å². The number of hydrogen-bond acceptors (Lipinski definition) is 6. The van der Waals surface area contributed by atoms with Crippen molar-refractivity contribution in [3.63, 3.8) is 0 Å². The number of halogens is 1. The lowest BCUT2D eigenvalue weighted by Gasteiger charge is -2.21. The normalized spacial score (nSPS) is 11.1. The second-order valence-corrected chi connectivity index (χ2v) is 10.7. The van der Waals surface area contributed by atoms with Gasteiger partial charge in [0.1, 0.15) is 22.6 Å². The average Bonchev–Trinajstić information content (AvgIpc) is 3.00. The van der Waals surface area contributed by atoms with E-state index in [2.05, 4.69) is 5.32 Å². The van der Waals surface area contributed by atoms with Crippen molar-refractivity contribution in [1.82, 2.24) is 13.7 Å². The van der Waals surface area contributed by atoms with Gasteiger partial charge in [-0.1, -0.05) is 30.3 Å². The number of methoxy groups -OCH3 is 1. The topological polar surface area (TPSA) is 130 Å². The number of carbonyl (C=O) groups is 1. The van der Waals surface area contributed by atoms with Crippen LogP contribution >= 0.6 is 0 Å². The van der Waals surface area contributed by atoms with E-state index < -0.39 is 28.5 Å². The number of pyridine rings is 1. The smallest absolute Gasteiger partial charge is 0.337 e. The van der Waals surface area contributed by atoms with E-state index in [1.165, 1.54) is 30.9 Å². The molecule has 0 saturated heterocycles. The molecule has 0 bridgehead atoms. The highest BCUT2D eigenvalue weighted by atomic mass is 19.1. The van der Waals surface area contributed by atoms with Gasteiger partial charge >= 0.3 is 5.69 Å². The lowest BCUT2D eigenvalue weighted by atomic mass is 10.1. The van der Waals surface area contributed by atoms with Crippen molar-refractivity contribution < 1.29 is 13.9 Å². The molecular formula is C33H32FN5O5. The molecule has 3 N–H and O–H groups in total. The molecule has 0 spiro atoms. The molecule has 5 rings (SSSR count). The lowest BCUT2D eigenvalue weighted by Crippen LogP contribution is -2.42. The number of fused-ring (bicyclic) bond motifs is 1. The van der Waals surface area contributed by atoms with Crippen LogP contribution in [0.3, 0.4) is 0 Å². The Balaban J connectivity index is 1.83. The Bertz CT molecular complexity index is 2090. The Hall–Kier alpha value is -5.45. The van der Waals surface area contributed by atoms with Crippen LogP contribution < -0.4 is 32.6 Å². The van der Waals surface area contributed by atoms with Crippen LogP contribution in [0, 0.1) is 19.7 Å². The van der Waals surface area contributed by atoms with Crippen LogP contribution in [-0.2, 0) is 24.8 Å². The van der Waals surface area contributed by atoms with Crippen LogP contribution in [0.4, 0.5) is 15.8 Å². The molecule has 10 nitrogen and oxygen atoms in total. The Kier molecular flexibility index (Phi) is 8.21. The monoisotopic (exact) mass is 597 g/mol. The number of nitrogens with two attached hydrogens (primary N) is 1. The Morgan fingerprint density at radius 3 is 2.34 bits per heavy atom. The van der Waals surface area contributed by atoms with E-state index in [0.29, 0.717) is 29.0 Å². The molecule has 0 aliphatic carbocycles. The summed E-state index contributed by atoms with van der Waals surface area (Å²) in [6.45, 7) is 3.18. The number of carbonyl (C=O) groups excluding carboxylic acids is 1. The summed E-state index contributed by atoms with van der Waals surface area (Å²) in [4.78, 5) is 53.3. The molecule has 0 atom stereocenters. The second kappa shape index (κ2) is 12.0. The van der Waals surface area contributed by atoms with Crippen molar-refractivity contribution in [2.45, 2.75) is 33.2 Å². The largest absolute Gasteiger partial charge is 0.497 e. The first-order valence-electron chi connectivity index (χ1n) is 13.9. The Morgan fingerprint density at radius 1 is 0.955 bits per heavy atom. The quantitative estimate of drug-likeness (QED) is 0.266. The first-order chi connectivity index (χ1) is 21.0. The summed E-state index contributed by atoms with van der Waals surface area (Å²) in [6, 6.07) is 18.4. The van der Waals surface area contributed by atoms with Gasteiger partial charge in [-0.2, -0.15) is 0 Å². The van der Waals surface area contributed by atoms with Crippen molar-refractivity contribution >= 4 is 28.3 Å². The van der Waals surface area contributed by atoms with Gasteiger partial charge in [0.2, 0.25) is 5.91 Å². The minimum absolute atomic E-state index is 0.0280. The Morgan fingerprint density at radius 2 is 1.68 bits per heavy atom. The molecule has 0 saturated carbocycles. The minimum Gasteiger partial charge on any atom is -0.497 e. The predicted molar refractivity (Wildman–Crippen MR) is 168 cm³/mol. The predicted octanol–water partition coefficient (Wildman–Crippen LogP) is 3.83.